The summed E-state index contributed by atoms with van der Waals surface area (Å²) in [6.07, 6.45) is 3.57. The van der Waals surface area contributed by atoms with Crippen LogP contribution in [0.1, 0.15) is 27.9 Å². The van der Waals surface area contributed by atoms with Gasteiger partial charge < -0.3 is 4.90 Å². The standard InChI is InChI=1S/C16H22N2O/c1-17-7-9-18(10-8-17)12-16(19)15-6-5-13-3-2-4-14(13)11-15/h5-6,11H,2-4,7-10,12H2,1H3. The van der Waals surface area contributed by atoms with Gasteiger partial charge >= 0.3 is 0 Å². The smallest absolute Gasteiger partial charge is 0.176 e. The lowest BCUT2D eigenvalue weighted by Crippen LogP contribution is -2.46. The van der Waals surface area contributed by atoms with E-state index in [0.717, 1.165) is 38.2 Å². The first-order valence-electron chi connectivity index (χ1n) is 7.28. The van der Waals surface area contributed by atoms with E-state index in [1.807, 2.05) is 6.07 Å². The van der Waals surface area contributed by atoms with E-state index in [0.29, 0.717) is 6.54 Å². The fourth-order valence-electron chi connectivity index (χ4n) is 3.05. The van der Waals surface area contributed by atoms with Crippen LogP contribution in [-0.2, 0) is 12.8 Å². The van der Waals surface area contributed by atoms with Crippen molar-refractivity contribution >= 4 is 5.78 Å². The molecule has 1 aliphatic carbocycles. The molecule has 0 unspecified atom stereocenters. The molecule has 1 fully saturated rings. The van der Waals surface area contributed by atoms with Gasteiger partial charge in [0, 0.05) is 31.7 Å². The Morgan fingerprint density at radius 1 is 1.11 bits per heavy atom. The highest BCUT2D eigenvalue weighted by Gasteiger charge is 2.19. The highest BCUT2D eigenvalue weighted by atomic mass is 16.1. The number of benzene rings is 1. The van der Waals surface area contributed by atoms with Crippen molar-refractivity contribution in [3.8, 4) is 0 Å². The maximum atomic E-state index is 12.3. The van der Waals surface area contributed by atoms with Crippen LogP contribution in [0.2, 0.25) is 0 Å². The predicted octanol–water partition coefficient (Wildman–Crippen LogP) is 1.61. The molecule has 0 N–H and O–H groups in total. The molecule has 0 atom stereocenters. The summed E-state index contributed by atoms with van der Waals surface area (Å²) in [6.45, 7) is 4.72. The molecule has 0 bridgehead atoms. The maximum absolute atomic E-state index is 12.3. The monoisotopic (exact) mass is 258 g/mol. The second-order valence-corrected chi connectivity index (χ2v) is 5.84. The van der Waals surface area contributed by atoms with Gasteiger partial charge in [0.2, 0.25) is 0 Å². The van der Waals surface area contributed by atoms with Crippen LogP contribution in [0.3, 0.4) is 0 Å². The number of ketones is 1. The fraction of sp³-hybridized carbons (Fsp3) is 0.562. The number of carbonyl (C=O) groups is 1. The highest BCUT2D eigenvalue weighted by molar-refractivity contribution is 5.97. The number of carbonyl (C=O) groups excluding carboxylic acids is 1. The third-order valence-electron chi connectivity index (χ3n) is 4.38. The first-order valence-corrected chi connectivity index (χ1v) is 7.28. The second-order valence-electron chi connectivity index (χ2n) is 5.84. The number of rotatable bonds is 3. The largest absolute Gasteiger partial charge is 0.304 e. The van der Waals surface area contributed by atoms with Gasteiger partial charge in [0.1, 0.15) is 0 Å². The Kier molecular flexibility index (Phi) is 3.67. The average Bonchev–Trinajstić information content (AvgIpc) is 2.88. The summed E-state index contributed by atoms with van der Waals surface area (Å²) in [7, 11) is 2.14. The molecule has 3 rings (SSSR count). The van der Waals surface area contributed by atoms with Crippen LogP contribution in [0.5, 0.6) is 0 Å². The normalized spacial score (nSPS) is 20.5. The summed E-state index contributed by atoms with van der Waals surface area (Å²) in [5.41, 5.74) is 3.74. The van der Waals surface area contributed by atoms with Crippen molar-refractivity contribution < 1.29 is 4.79 Å². The Bertz CT molecular complexity index is 476. The van der Waals surface area contributed by atoms with E-state index < -0.39 is 0 Å². The highest BCUT2D eigenvalue weighted by Crippen LogP contribution is 2.23. The minimum atomic E-state index is 0.277. The Morgan fingerprint density at radius 2 is 1.84 bits per heavy atom. The summed E-state index contributed by atoms with van der Waals surface area (Å²) < 4.78 is 0. The quantitative estimate of drug-likeness (QED) is 0.770. The molecule has 0 amide bonds. The lowest BCUT2D eigenvalue weighted by atomic mass is 10.0. The van der Waals surface area contributed by atoms with Crippen LogP contribution < -0.4 is 0 Å². The zero-order chi connectivity index (χ0) is 13.2. The van der Waals surface area contributed by atoms with Gasteiger partial charge in [-0.1, -0.05) is 12.1 Å². The van der Waals surface area contributed by atoms with Crippen molar-refractivity contribution in [2.75, 3.05) is 39.8 Å². The number of hydrogen-bond donors (Lipinski definition) is 0. The number of fused-ring (bicyclic) bond motifs is 1. The molecule has 2 aliphatic rings. The van der Waals surface area contributed by atoms with Gasteiger partial charge in [0.25, 0.3) is 0 Å². The van der Waals surface area contributed by atoms with Crippen molar-refractivity contribution in [1.82, 2.24) is 9.80 Å². The fourth-order valence-corrected chi connectivity index (χ4v) is 3.05. The van der Waals surface area contributed by atoms with E-state index in [-0.39, 0.29) is 5.78 Å². The summed E-state index contributed by atoms with van der Waals surface area (Å²) in [5.74, 6) is 0.277. The number of aryl methyl sites for hydroxylation is 2. The topological polar surface area (TPSA) is 23.6 Å². The van der Waals surface area contributed by atoms with E-state index in [2.05, 4.69) is 29.0 Å². The Morgan fingerprint density at radius 3 is 2.63 bits per heavy atom. The lowest BCUT2D eigenvalue weighted by Gasteiger charge is -2.31. The molecule has 1 aliphatic heterocycles. The molecule has 3 nitrogen and oxygen atoms in total. The number of hydrogen-bond acceptors (Lipinski definition) is 3. The van der Waals surface area contributed by atoms with Crippen LogP contribution in [0, 0.1) is 0 Å². The first-order chi connectivity index (χ1) is 9.22. The van der Waals surface area contributed by atoms with E-state index in [4.69, 9.17) is 0 Å². The van der Waals surface area contributed by atoms with Crippen LogP contribution in [0.4, 0.5) is 0 Å². The summed E-state index contributed by atoms with van der Waals surface area (Å²) >= 11 is 0. The van der Waals surface area contributed by atoms with Gasteiger partial charge in [-0.3, -0.25) is 9.69 Å². The van der Waals surface area contributed by atoms with E-state index >= 15 is 0 Å². The maximum Gasteiger partial charge on any atom is 0.176 e. The molecule has 1 aromatic rings. The summed E-state index contributed by atoms with van der Waals surface area (Å²) in [4.78, 5) is 16.9. The van der Waals surface area contributed by atoms with Crippen molar-refractivity contribution in [3.63, 3.8) is 0 Å². The number of likely N-dealkylation sites (N-methyl/N-ethyl adjacent to an activating group) is 1. The summed E-state index contributed by atoms with van der Waals surface area (Å²) in [6, 6.07) is 6.29. The van der Waals surface area contributed by atoms with Crippen molar-refractivity contribution in [1.29, 1.82) is 0 Å². The first kappa shape index (κ1) is 12.8. The van der Waals surface area contributed by atoms with Gasteiger partial charge in [-0.2, -0.15) is 0 Å². The van der Waals surface area contributed by atoms with Crippen LogP contribution in [0.25, 0.3) is 0 Å². The molecule has 1 heterocycles. The van der Waals surface area contributed by atoms with Crippen molar-refractivity contribution in [2.24, 2.45) is 0 Å². The van der Waals surface area contributed by atoms with Crippen molar-refractivity contribution in [2.45, 2.75) is 19.3 Å². The molecule has 3 heteroatoms. The zero-order valence-electron chi connectivity index (χ0n) is 11.7. The molecule has 19 heavy (non-hydrogen) atoms. The molecule has 0 aromatic heterocycles. The van der Waals surface area contributed by atoms with Crippen molar-refractivity contribution in [3.05, 3.63) is 34.9 Å². The Hall–Kier alpha value is -1.19. The average molecular weight is 258 g/mol. The second kappa shape index (κ2) is 5.43. The van der Waals surface area contributed by atoms with E-state index in [1.54, 1.807) is 0 Å². The Labute approximate surface area is 115 Å². The molecule has 1 saturated heterocycles. The summed E-state index contributed by atoms with van der Waals surface area (Å²) in [5, 5.41) is 0. The SMILES string of the molecule is CN1CCN(CC(=O)c2ccc3c(c2)CCC3)CC1. The number of piperazine rings is 1. The van der Waals surface area contributed by atoms with E-state index in [9.17, 15) is 4.79 Å². The van der Waals surface area contributed by atoms with Crippen LogP contribution in [0.15, 0.2) is 18.2 Å². The third-order valence-corrected chi connectivity index (χ3v) is 4.38. The third kappa shape index (κ3) is 2.88. The molecular weight excluding hydrogens is 236 g/mol. The van der Waals surface area contributed by atoms with Gasteiger partial charge in [-0.15, -0.1) is 0 Å². The Balaban J connectivity index is 1.64. The lowest BCUT2D eigenvalue weighted by molar-refractivity contribution is 0.0876. The molecular formula is C16H22N2O. The molecule has 102 valence electrons. The number of Topliss-reactive ketones (excluding diaryl/α,β-unsaturated/α-hetero) is 1. The van der Waals surface area contributed by atoms with Crippen LogP contribution >= 0.6 is 0 Å². The van der Waals surface area contributed by atoms with Gasteiger partial charge in [-0.25, -0.2) is 0 Å². The van der Waals surface area contributed by atoms with E-state index in [1.165, 1.54) is 24.0 Å². The minimum Gasteiger partial charge on any atom is -0.304 e. The molecule has 0 radical (unpaired) electrons. The van der Waals surface area contributed by atoms with Gasteiger partial charge in [0.15, 0.2) is 5.78 Å². The number of nitrogens with zero attached hydrogens (tertiary/aromatic N) is 2. The minimum absolute atomic E-state index is 0.277. The van der Waals surface area contributed by atoms with Gasteiger partial charge in [-0.05, 0) is 43.5 Å². The zero-order valence-corrected chi connectivity index (χ0v) is 11.7. The molecule has 0 spiro atoms. The van der Waals surface area contributed by atoms with Crippen LogP contribution in [-0.4, -0.2) is 55.4 Å². The van der Waals surface area contributed by atoms with Gasteiger partial charge in [0.05, 0.1) is 6.54 Å². The molecule has 0 saturated carbocycles. The molecule has 1 aromatic carbocycles. The predicted molar refractivity (Wildman–Crippen MR) is 76.7 cm³/mol.